The molecule has 0 saturated carbocycles. The standard InChI is InChI=1S/C38H56N10O4/c1-37(2)19-27(29(23-43)33(21-37)47(13-9-39)14-10-40)31(25-45)35(49)51-17-7-5-6-8-18-52-36(50)32(26-46)28-20-38(3,4)22-34(30(28)24-44)48(15-11-41)16-12-42/h5-22,39-42H2,1-4H3/b31-27+,32-28+. The van der Waals surface area contributed by atoms with E-state index in [4.69, 9.17) is 32.4 Å². The Bertz CT molecular complexity index is 1460. The summed E-state index contributed by atoms with van der Waals surface area (Å²) in [7, 11) is 0. The van der Waals surface area contributed by atoms with Crippen molar-refractivity contribution in [1.29, 1.82) is 21.0 Å². The fourth-order valence-corrected chi connectivity index (χ4v) is 6.81. The highest BCUT2D eigenvalue weighted by Gasteiger charge is 2.37. The lowest BCUT2D eigenvalue weighted by molar-refractivity contribution is -0.140. The van der Waals surface area contributed by atoms with E-state index in [1.807, 2.05) is 49.6 Å². The second-order valence-electron chi connectivity index (χ2n) is 14.6. The van der Waals surface area contributed by atoms with E-state index in [2.05, 4.69) is 12.1 Å². The van der Waals surface area contributed by atoms with Gasteiger partial charge in [-0.2, -0.15) is 21.0 Å². The minimum absolute atomic E-state index is 0.0722. The van der Waals surface area contributed by atoms with Gasteiger partial charge in [-0.1, -0.05) is 27.7 Å². The number of carbonyl (C=O) groups excluding carboxylic acids is 2. The summed E-state index contributed by atoms with van der Waals surface area (Å²) in [6.45, 7) is 11.7. The van der Waals surface area contributed by atoms with Gasteiger partial charge in [0.15, 0.2) is 0 Å². The molecule has 2 rings (SSSR count). The predicted octanol–water partition coefficient (Wildman–Crippen LogP) is 2.91. The normalized spacial score (nSPS) is 18.3. The lowest BCUT2D eigenvalue weighted by atomic mass is 9.72. The zero-order valence-corrected chi connectivity index (χ0v) is 31.4. The van der Waals surface area contributed by atoms with Gasteiger partial charge in [0.1, 0.15) is 35.4 Å². The highest BCUT2D eigenvalue weighted by molar-refractivity contribution is 5.95. The molecule has 0 aromatic rings. The zero-order chi connectivity index (χ0) is 38.9. The second-order valence-corrected chi connectivity index (χ2v) is 14.6. The molecule has 52 heavy (non-hydrogen) atoms. The first kappa shape index (κ1) is 43.5. The van der Waals surface area contributed by atoms with Crippen molar-refractivity contribution in [2.75, 3.05) is 65.6 Å². The molecule has 0 bridgehead atoms. The maximum Gasteiger partial charge on any atom is 0.349 e. The number of carbonyl (C=O) groups is 2. The van der Waals surface area contributed by atoms with E-state index in [1.54, 1.807) is 0 Å². The first-order valence-corrected chi connectivity index (χ1v) is 18.0. The number of hydrogen-bond acceptors (Lipinski definition) is 14. The van der Waals surface area contributed by atoms with Crippen molar-refractivity contribution in [3.05, 3.63) is 44.8 Å². The van der Waals surface area contributed by atoms with Gasteiger partial charge in [-0.05, 0) is 73.3 Å². The van der Waals surface area contributed by atoms with Crippen LogP contribution in [0, 0.1) is 56.2 Å². The molecule has 14 nitrogen and oxygen atoms in total. The molecule has 0 saturated heterocycles. The molecule has 8 N–H and O–H groups in total. The summed E-state index contributed by atoms with van der Waals surface area (Å²) in [6.07, 6.45) is 4.23. The minimum atomic E-state index is -0.772. The van der Waals surface area contributed by atoms with Crippen LogP contribution < -0.4 is 22.9 Å². The Hall–Kier alpha value is -4.70. The zero-order valence-electron chi connectivity index (χ0n) is 31.4. The third kappa shape index (κ3) is 11.9. The van der Waals surface area contributed by atoms with Crippen molar-refractivity contribution in [3.8, 4) is 24.3 Å². The molecule has 0 aromatic heterocycles. The molecule has 0 amide bonds. The third-order valence-electron chi connectivity index (χ3n) is 9.11. The topological polar surface area (TPSA) is 258 Å². The summed E-state index contributed by atoms with van der Waals surface area (Å²) in [6, 6.07) is 8.42. The number of allylic oxidation sites excluding steroid dienone is 6. The summed E-state index contributed by atoms with van der Waals surface area (Å²) < 4.78 is 10.9. The van der Waals surface area contributed by atoms with Crippen LogP contribution >= 0.6 is 0 Å². The summed E-state index contributed by atoms with van der Waals surface area (Å²) >= 11 is 0. The Morgan fingerprint density at radius 3 is 1.19 bits per heavy atom. The van der Waals surface area contributed by atoms with Crippen molar-refractivity contribution in [3.63, 3.8) is 0 Å². The number of nitrogens with zero attached hydrogens (tertiary/aromatic N) is 6. The fourth-order valence-electron chi connectivity index (χ4n) is 6.81. The van der Waals surface area contributed by atoms with Crippen LogP contribution in [0.2, 0.25) is 0 Å². The summed E-state index contributed by atoms with van der Waals surface area (Å²) in [5.41, 5.74) is 25.1. The minimum Gasteiger partial charge on any atom is -0.462 e. The predicted molar refractivity (Wildman–Crippen MR) is 196 cm³/mol. The summed E-state index contributed by atoms with van der Waals surface area (Å²) in [5, 5.41) is 40.2. The van der Waals surface area contributed by atoms with Crippen LogP contribution in [0.4, 0.5) is 0 Å². The Labute approximate surface area is 308 Å². The maximum atomic E-state index is 13.1. The van der Waals surface area contributed by atoms with Gasteiger partial charge in [0, 0.05) is 63.8 Å². The summed E-state index contributed by atoms with van der Waals surface area (Å²) in [5.74, 6) is -1.54. The van der Waals surface area contributed by atoms with Crippen LogP contribution in [0.1, 0.15) is 79.1 Å². The monoisotopic (exact) mass is 716 g/mol. The van der Waals surface area contributed by atoms with Crippen LogP contribution in [0.15, 0.2) is 44.8 Å². The Morgan fingerprint density at radius 2 is 0.923 bits per heavy atom. The average Bonchev–Trinajstić information content (AvgIpc) is 3.08. The molecule has 2 aliphatic rings. The first-order valence-electron chi connectivity index (χ1n) is 18.0. The van der Waals surface area contributed by atoms with E-state index < -0.39 is 11.9 Å². The van der Waals surface area contributed by atoms with Gasteiger partial charge >= 0.3 is 11.9 Å². The van der Waals surface area contributed by atoms with Crippen LogP contribution in [-0.2, 0) is 19.1 Å². The van der Waals surface area contributed by atoms with Crippen molar-refractivity contribution >= 4 is 11.9 Å². The average molecular weight is 717 g/mol. The van der Waals surface area contributed by atoms with E-state index in [-0.39, 0.29) is 35.2 Å². The molecule has 0 radical (unpaired) electrons. The Kier molecular flexibility index (Phi) is 17.5. The fraction of sp³-hybridized carbons (Fsp3) is 0.632. The lowest BCUT2D eigenvalue weighted by Gasteiger charge is -2.38. The van der Waals surface area contributed by atoms with Crippen LogP contribution in [0.3, 0.4) is 0 Å². The molecule has 0 fully saturated rings. The van der Waals surface area contributed by atoms with Crippen molar-refractivity contribution in [1.82, 2.24) is 9.80 Å². The Morgan fingerprint density at radius 1 is 0.596 bits per heavy atom. The second kappa shape index (κ2) is 21.0. The molecule has 0 heterocycles. The molecule has 2 aliphatic carbocycles. The van der Waals surface area contributed by atoms with Gasteiger partial charge in [0.25, 0.3) is 0 Å². The van der Waals surface area contributed by atoms with Crippen molar-refractivity contribution in [2.24, 2.45) is 33.8 Å². The largest absolute Gasteiger partial charge is 0.462 e. The van der Waals surface area contributed by atoms with Crippen LogP contribution in [-0.4, -0.2) is 87.3 Å². The highest BCUT2D eigenvalue weighted by Crippen LogP contribution is 2.45. The number of esters is 2. The molecule has 0 aliphatic heterocycles. The van der Waals surface area contributed by atoms with Crippen LogP contribution in [0.5, 0.6) is 0 Å². The molecule has 282 valence electrons. The van der Waals surface area contributed by atoms with Crippen LogP contribution in [0.25, 0.3) is 0 Å². The van der Waals surface area contributed by atoms with E-state index in [1.165, 1.54) is 0 Å². The van der Waals surface area contributed by atoms with Gasteiger partial charge in [-0.3, -0.25) is 0 Å². The smallest absolute Gasteiger partial charge is 0.349 e. The van der Waals surface area contributed by atoms with E-state index in [9.17, 15) is 30.6 Å². The number of unbranched alkanes of at least 4 members (excludes halogenated alkanes) is 3. The molecule has 0 atom stereocenters. The number of nitrogens with two attached hydrogens (primary N) is 4. The molecular formula is C38H56N10O4. The molecule has 0 unspecified atom stereocenters. The van der Waals surface area contributed by atoms with E-state index in [0.29, 0.717) is 126 Å². The molecule has 14 heteroatoms. The van der Waals surface area contributed by atoms with Gasteiger partial charge in [0.2, 0.25) is 0 Å². The molecule has 0 spiro atoms. The SMILES string of the molecule is CC1(C)CC(N(CCN)CCN)=C(C#N)/C(=C(\C#N)C(=O)OCCCCCCOC(=O)/C(C#N)=C2\CC(C)(C)CC(N(CCN)CCN)=C2C#N)C1. The molecule has 0 aromatic carbocycles. The van der Waals surface area contributed by atoms with Crippen molar-refractivity contribution < 1.29 is 19.1 Å². The van der Waals surface area contributed by atoms with Gasteiger partial charge in [-0.25, -0.2) is 9.59 Å². The third-order valence-corrected chi connectivity index (χ3v) is 9.11. The highest BCUT2D eigenvalue weighted by atomic mass is 16.5. The summed E-state index contributed by atoms with van der Waals surface area (Å²) in [4.78, 5) is 30.1. The van der Waals surface area contributed by atoms with Crippen molar-refractivity contribution in [2.45, 2.75) is 79.1 Å². The van der Waals surface area contributed by atoms with Gasteiger partial charge < -0.3 is 42.2 Å². The van der Waals surface area contributed by atoms with Gasteiger partial charge in [-0.15, -0.1) is 0 Å². The maximum absolute atomic E-state index is 13.1. The van der Waals surface area contributed by atoms with E-state index in [0.717, 1.165) is 11.4 Å². The quantitative estimate of drug-likeness (QED) is 0.0649. The number of nitriles is 4. The van der Waals surface area contributed by atoms with Gasteiger partial charge in [0.05, 0.1) is 24.4 Å². The first-order chi connectivity index (χ1) is 24.8. The lowest BCUT2D eigenvalue weighted by Crippen LogP contribution is -2.37. The van der Waals surface area contributed by atoms with E-state index >= 15 is 0 Å². The number of hydrogen-bond donors (Lipinski definition) is 4. The number of ether oxygens (including phenoxy) is 2. The number of rotatable bonds is 19. The molecular weight excluding hydrogens is 660 g/mol. The Balaban J connectivity index is 2.05.